The van der Waals surface area contributed by atoms with E-state index in [1.54, 1.807) is 14.7 Å². The van der Waals surface area contributed by atoms with Crippen LogP contribution in [0.1, 0.15) is 61.3 Å². The van der Waals surface area contributed by atoms with Gasteiger partial charge in [0.25, 0.3) is 0 Å². The molecule has 2 aromatic rings. The van der Waals surface area contributed by atoms with Crippen LogP contribution in [0.2, 0.25) is 0 Å². The van der Waals surface area contributed by atoms with Gasteiger partial charge in [0.15, 0.2) is 0 Å². The van der Waals surface area contributed by atoms with Gasteiger partial charge in [-0.15, -0.1) is 0 Å². The van der Waals surface area contributed by atoms with E-state index in [1.807, 2.05) is 51.4 Å². The highest BCUT2D eigenvalue weighted by Gasteiger charge is 2.37. The molecule has 2 aromatic carbocycles. The van der Waals surface area contributed by atoms with Crippen LogP contribution in [0.25, 0.3) is 0 Å². The summed E-state index contributed by atoms with van der Waals surface area (Å²) in [6.45, 7) is 3.22. The Balaban J connectivity index is 1.39. The van der Waals surface area contributed by atoms with Crippen molar-refractivity contribution in [3.63, 3.8) is 0 Å². The molecule has 0 unspecified atom stereocenters. The van der Waals surface area contributed by atoms with Crippen molar-refractivity contribution in [3.8, 4) is 0 Å². The van der Waals surface area contributed by atoms with Gasteiger partial charge < -0.3 is 14.7 Å². The molecule has 0 N–H and O–H groups in total. The largest absolute Gasteiger partial charge is 0.340 e. The minimum atomic E-state index is -0.381. The van der Waals surface area contributed by atoms with E-state index in [9.17, 15) is 9.59 Å². The number of hydrogen-bond acceptors (Lipinski definition) is 2. The van der Waals surface area contributed by atoms with E-state index in [-0.39, 0.29) is 24.0 Å². The number of nitrogens with zero attached hydrogens (tertiary/aromatic N) is 3. The third kappa shape index (κ3) is 4.76. The topological polar surface area (TPSA) is 43.9 Å². The minimum absolute atomic E-state index is 0.0258. The van der Waals surface area contributed by atoms with Gasteiger partial charge in [-0.25, -0.2) is 4.79 Å². The summed E-state index contributed by atoms with van der Waals surface area (Å²) in [7, 11) is 3.67. The molecule has 4 rings (SSSR count). The number of hydrogen-bond donors (Lipinski definition) is 0. The number of urea groups is 1. The Kier molecular flexibility index (Phi) is 6.30. The van der Waals surface area contributed by atoms with Gasteiger partial charge in [-0.05, 0) is 55.2 Å². The van der Waals surface area contributed by atoms with Crippen LogP contribution in [0.3, 0.4) is 0 Å². The van der Waals surface area contributed by atoms with Crippen LogP contribution in [0.4, 0.5) is 4.79 Å². The Morgan fingerprint density at radius 1 is 1.00 bits per heavy atom. The van der Waals surface area contributed by atoms with Crippen LogP contribution in [0, 0.1) is 0 Å². The Labute approximate surface area is 185 Å². The van der Waals surface area contributed by atoms with Crippen LogP contribution in [0.5, 0.6) is 0 Å². The lowest BCUT2D eigenvalue weighted by Crippen LogP contribution is -2.50. The van der Waals surface area contributed by atoms with E-state index in [1.165, 1.54) is 18.4 Å². The lowest BCUT2D eigenvalue weighted by atomic mass is 10.1. The number of rotatable bonds is 6. The number of likely N-dealkylation sites (tertiary alicyclic amines) is 1. The van der Waals surface area contributed by atoms with E-state index in [2.05, 4.69) is 24.3 Å². The summed E-state index contributed by atoms with van der Waals surface area (Å²) in [5.41, 5.74) is 3.62. The van der Waals surface area contributed by atoms with Gasteiger partial charge in [-0.1, -0.05) is 54.6 Å². The van der Waals surface area contributed by atoms with E-state index >= 15 is 0 Å². The molecule has 2 aliphatic rings. The zero-order chi connectivity index (χ0) is 22.0. The molecule has 5 heteroatoms. The quantitative estimate of drug-likeness (QED) is 0.675. The van der Waals surface area contributed by atoms with Gasteiger partial charge in [0.2, 0.25) is 5.91 Å². The summed E-state index contributed by atoms with van der Waals surface area (Å²) in [6.07, 6.45) is 4.17. The Bertz CT molecular complexity index is 908. The summed E-state index contributed by atoms with van der Waals surface area (Å²) in [5, 5.41) is 0. The first-order chi connectivity index (χ1) is 15.0. The molecule has 1 saturated heterocycles. The molecule has 0 radical (unpaired) electrons. The average molecular weight is 420 g/mol. The molecule has 3 amide bonds. The second-order valence-corrected chi connectivity index (χ2v) is 9.04. The number of benzene rings is 2. The zero-order valence-electron chi connectivity index (χ0n) is 18.8. The maximum atomic E-state index is 13.2. The van der Waals surface area contributed by atoms with Crippen LogP contribution in [-0.4, -0.2) is 53.3 Å². The predicted octanol–water partition coefficient (Wildman–Crippen LogP) is 4.80. The Morgan fingerprint density at radius 3 is 2.32 bits per heavy atom. The first kappa shape index (κ1) is 21.4. The fraction of sp³-hybridized carbons (Fsp3) is 0.462. The van der Waals surface area contributed by atoms with Crippen molar-refractivity contribution < 1.29 is 9.59 Å². The molecule has 1 heterocycles. The number of amides is 3. The summed E-state index contributed by atoms with van der Waals surface area (Å²) >= 11 is 0. The third-order valence-corrected chi connectivity index (χ3v) is 6.77. The molecule has 1 aliphatic heterocycles. The van der Waals surface area contributed by atoms with Crippen molar-refractivity contribution >= 4 is 11.9 Å². The van der Waals surface area contributed by atoms with Gasteiger partial charge in [0, 0.05) is 27.2 Å². The predicted molar refractivity (Wildman–Crippen MR) is 123 cm³/mol. The molecule has 31 heavy (non-hydrogen) atoms. The van der Waals surface area contributed by atoms with Crippen molar-refractivity contribution in [1.82, 2.24) is 14.7 Å². The highest BCUT2D eigenvalue weighted by Crippen LogP contribution is 2.40. The van der Waals surface area contributed by atoms with Crippen molar-refractivity contribution in [2.45, 2.75) is 57.2 Å². The fourth-order valence-corrected chi connectivity index (χ4v) is 4.49. The molecule has 0 bridgehead atoms. The average Bonchev–Trinajstić information content (AvgIpc) is 3.54. The summed E-state index contributed by atoms with van der Waals surface area (Å²) < 4.78 is 0. The highest BCUT2D eigenvalue weighted by atomic mass is 16.2. The number of likely N-dealkylation sites (N-methyl/N-ethyl adjacent to an activating group) is 1. The molecule has 0 spiro atoms. The molecule has 2 fully saturated rings. The van der Waals surface area contributed by atoms with Gasteiger partial charge in [-0.2, -0.15) is 0 Å². The lowest BCUT2D eigenvalue weighted by molar-refractivity contribution is -0.134. The number of carbonyl (C=O) groups excluding carboxylic acids is 2. The second-order valence-electron chi connectivity index (χ2n) is 9.04. The fourth-order valence-electron chi connectivity index (χ4n) is 4.49. The molecule has 5 nitrogen and oxygen atoms in total. The van der Waals surface area contributed by atoms with Crippen LogP contribution in [0.15, 0.2) is 54.6 Å². The standard InChI is InChI=1S/C26H33N3O2/c1-19(21-8-5-4-6-9-21)28(3)26(31)29-17-7-10-24(29)25(30)27(2)18-20-11-13-22(14-12-20)23-15-16-23/h4-6,8-9,11-14,19,23-24H,7,10,15-18H2,1-3H3/t19-,24-/m1/s1. The lowest BCUT2D eigenvalue weighted by Gasteiger charge is -2.34. The van der Waals surface area contributed by atoms with Gasteiger partial charge in [0.1, 0.15) is 6.04 Å². The maximum Gasteiger partial charge on any atom is 0.320 e. The van der Waals surface area contributed by atoms with Crippen LogP contribution >= 0.6 is 0 Å². The summed E-state index contributed by atoms with van der Waals surface area (Å²) in [4.78, 5) is 31.7. The Morgan fingerprint density at radius 2 is 1.68 bits per heavy atom. The Hall–Kier alpha value is -2.82. The molecular formula is C26H33N3O2. The highest BCUT2D eigenvalue weighted by molar-refractivity contribution is 5.87. The van der Waals surface area contributed by atoms with Crippen LogP contribution < -0.4 is 0 Å². The first-order valence-electron chi connectivity index (χ1n) is 11.4. The minimum Gasteiger partial charge on any atom is -0.340 e. The summed E-state index contributed by atoms with van der Waals surface area (Å²) in [6, 6.07) is 18.1. The zero-order valence-corrected chi connectivity index (χ0v) is 18.8. The van der Waals surface area contributed by atoms with Gasteiger partial charge in [0.05, 0.1) is 6.04 Å². The normalized spacial score (nSPS) is 19.2. The van der Waals surface area contributed by atoms with Crippen molar-refractivity contribution in [3.05, 3.63) is 71.3 Å². The van der Waals surface area contributed by atoms with E-state index in [0.717, 1.165) is 29.9 Å². The van der Waals surface area contributed by atoms with Crippen molar-refractivity contribution in [1.29, 1.82) is 0 Å². The molecule has 0 aromatic heterocycles. The van der Waals surface area contributed by atoms with Crippen molar-refractivity contribution in [2.75, 3.05) is 20.6 Å². The smallest absolute Gasteiger partial charge is 0.320 e. The van der Waals surface area contributed by atoms with Crippen LogP contribution in [-0.2, 0) is 11.3 Å². The first-order valence-corrected chi connectivity index (χ1v) is 11.4. The van der Waals surface area contributed by atoms with Gasteiger partial charge >= 0.3 is 6.03 Å². The summed E-state index contributed by atoms with van der Waals surface area (Å²) in [5.74, 6) is 0.764. The molecule has 1 saturated carbocycles. The van der Waals surface area contributed by atoms with Crippen molar-refractivity contribution in [2.24, 2.45) is 0 Å². The van der Waals surface area contributed by atoms with E-state index < -0.39 is 0 Å². The third-order valence-electron chi connectivity index (χ3n) is 6.77. The molecular weight excluding hydrogens is 386 g/mol. The SMILES string of the molecule is C[C@H](c1ccccc1)N(C)C(=O)N1CCC[C@@H]1C(=O)N(C)Cc1ccc(C2CC2)cc1. The molecule has 1 aliphatic carbocycles. The maximum absolute atomic E-state index is 13.2. The monoisotopic (exact) mass is 419 g/mol. The molecule has 164 valence electrons. The van der Waals surface area contributed by atoms with Gasteiger partial charge in [-0.3, -0.25) is 4.79 Å². The molecule has 2 atom stereocenters. The van der Waals surface area contributed by atoms with E-state index in [0.29, 0.717) is 13.1 Å². The second kappa shape index (κ2) is 9.13. The van der Waals surface area contributed by atoms with E-state index in [4.69, 9.17) is 0 Å². The number of carbonyl (C=O) groups is 2.